The van der Waals surface area contributed by atoms with E-state index in [4.69, 9.17) is 4.74 Å². The van der Waals surface area contributed by atoms with Gasteiger partial charge in [-0.25, -0.2) is 4.98 Å². The molecule has 1 heterocycles. The number of aromatic nitrogens is 1. The van der Waals surface area contributed by atoms with Crippen LogP contribution in [0, 0.1) is 10.1 Å². The Balaban J connectivity index is 2.06. The van der Waals surface area contributed by atoms with E-state index in [0.29, 0.717) is 12.4 Å². The SMILES string of the molecule is CCOC1CC(NC(=O)c2cc(NC)ncc2[N+](=O)[O-])C1. The molecule has 0 unspecified atom stereocenters. The highest BCUT2D eigenvalue weighted by Gasteiger charge is 2.32. The van der Waals surface area contributed by atoms with Gasteiger partial charge in [0, 0.05) is 25.8 Å². The number of ether oxygens (including phenoxy) is 1. The second-order valence-corrected chi connectivity index (χ2v) is 4.81. The van der Waals surface area contributed by atoms with Crippen molar-refractivity contribution in [3.05, 3.63) is 27.9 Å². The van der Waals surface area contributed by atoms with Gasteiger partial charge in [-0.2, -0.15) is 0 Å². The maximum Gasteiger partial charge on any atom is 0.300 e. The number of hydrogen-bond acceptors (Lipinski definition) is 6. The molecule has 0 atom stereocenters. The van der Waals surface area contributed by atoms with Crippen LogP contribution in [0.1, 0.15) is 30.1 Å². The van der Waals surface area contributed by atoms with Crippen LogP contribution in [0.25, 0.3) is 0 Å². The molecule has 0 aromatic carbocycles. The predicted octanol–water partition coefficient (Wildman–Crippen LogP) is 1.33. The summed E-state index contributed by atoms with van der Waals surface area (Å²) >= 11 is 0. The molecule has 0 bridgehead atoms. The first-order chi connectivity index (χ1) is 10.0. The molecule has 0 aliphatic heterocycles. The first kappa shape index (κ1) is 15.2. The van der Waals surface area contributed by atoms with Crippen molar-refractivity contribution >= 4 is 17.4 Å². The molecule has 8 nitrogen and oxygen atoms in total. The zero-order chi connectivity index (χ0) is 15.4. The van der Waals surface area contributed by atoms with Gasteiger partial charge in [0.05, 0.1) is 11.0 Å². The molecular weight excluding hydrogens is 276 g/mol. The van der Waals surface area contributed by atoms with E-state index in [2.05, 4.69) is 15.6 Å². The van der Waals surface area contributed by atoms with Gasteiger partial charge >= 0.3 is 0 Å². The summed E-state index contributed by atoms with van der Waals surface area (Å²) < 4.78 is 5.41. The summed E-state index contributed by atoms with van der Waals surface area (Å²) in [6.07, 6.45) is 2.72. The third-order valence-corrected chi connectivity index (χ3v) is 3.41. The normalized spacial score (nSPS) is 20.5. The Hall–Kier alpha value is -2.22. The van der Waals surface area contributed by atoms with E-state index < -0.39 is 10.8 Å². The van der Waals surface area contributed by atoms with Crippen molar-refractivity contribution in [1.29, 1.82) is 0 Å². The number of rotatable bonds is 6. The minimum Gasteiger partial charge on any atom is -0.378 e. The van der Waals surface area contributed by atoms with Gasteiger partial charge in [-0.15, -0.1) is 0 Å². The lowest BCUT2D eigenvalue weighted by molar-refractivity contribution is -0.385. The fourth-order valence-electron chi connectivity index (χ4n) is 2.23. The second kappa shape index (κ2) is 6.49. The van der Waals surface area contributed by atoms with E-state index in [1.54, 1.807) is 7.05 Å². The topological polar surface area (TPSA) is 106 Å². The van der Waals surface area contributed by atoms with Crippen LogP contribution < -0.4 is 10.6 Å². The Kier molecular flexibility index (Phi) is 4.69. The number of pyridine rings is 1. The van der Waals surface area contributed by atoms with Crippen LogP contribution in [0.3, 0.4) is 0 Å². The van der Waals surface area contributed by atoms with Gasteiger partial charge < -0.3 is 15.4 Å². The van der Waals surface area contributed by atoms with Crippen LogP contribution >= 0.6 is 0 Å². The van der Waals surface area contributed by atoms with Gasteiger partial charge in [-0.1, -0.05) is 0 Å². The Labute approximate surface area is 122 Å². The van der Waals surface area contributed by atoms with Gasteiger partial charge in [-0.05, 0) is 19.8 Å². The Morgan fingerprint density at radius 1 is 1.57 bits per heavy atom. The molecule has 1 saturated carbocycles. The third kappa shape index (κ3) is 3.46. The Bertz CT molecular complexity index is 543. The molecule has 1 aliphatic rings. The maximum atomic E-state index is 12.2. The van der Waals surface area contributed by atoms with Crippen molar-refractivity contribution < 1.29 is 14.5 Å². The first-order valence-corrected chi connectivity index (χ1v) is 6.79. The molecule has 114 valence electrons. The molecule has 2 N–H and O–H groups in total. The molecule has 1 aromatic rings. The lowest BCUT2D eigenvalue weighted by Crippen LogP contribution is -2.47. The Morgan fingerprint density at radius 3 is 2.86 bits per heavy atom. The summed E-state index contributed by atoms with van der Waals surface area (Å²) in [7, 11) is 1.63. The van der Waals surface area contributed by atoms with Gasteiger partial charge in [-0.3, -0.25) is 14.9 Å². The molecule has 8 heteroatoms. The number of hydrogen-bond donors (Lipinski definition) is 2. The quantitative estimate of drug-likeness (QED) is 0.605. The van der Waals surface area contributed by atoms with Crippen molar-refractivity contribution in [2.45, 2.75) is 31.9 Å². The molecule has 1 fully saturated rings. The van der Waals surface area contributed by atoms with Gasteiger partial charge in [0.15, 0.2) is 0 Å². The highest BCUT2D eigenvalue weighted by atomic mass is 16.6. The lowest BCUT2D eigenvalue weighted by atomic mass is 9.89. The smallest absolute Gasteiger partial charge is 0.300 e. The maximum absolute atomic E-state index is 12.2. The molecule has 2 rings (SSSR count). The summed E-state index contributed by atoms with van der Waals surface area (Å²) in [6, 6.07) is 1.38. The fourth-order valence-corrected chi connectivity index (χ4v) is 2.23. The third-order valence-electron chi connectivity index (χ3n) is 3.41. The summed E-state index contributed by atoms with van der Waals surface area (Å²) in [6.45, 7) is 2.57. The second-order valence-electron chi connectivity index (χ2n) is 4.81. The van der Waals surface area contributed by atoms with E-state index >= 15 is 0 Å². The zero-order valence-corrected chi connectivity index (χ0v) is 12.0. The van der Waals surface area contributed by atoms with Crippen molar-refractivity contribution in [1.82, 2.24) is 10.3 Å². The lowest BCUT2D eigenvalue weighted by Gasteiger charge is -2.35. The summed E-state index contributed by atoms with van der Waals surface area (Å²) in [5.41, 5.74) is -0.286. The molecular formula is C13H18N4O4. The van der Waals surface area contributed by atoms with Gasteiger partial charge in [0.2, 0.25) is 0 Å². The van der Waals surface area contributed by atoms with Crippen molar-refractivity contribution in [3.63, 3.8) is 0 Å². The largest absolute Gasteiger partial charge is 0.378 e. The highest BCUT2D eigenvalue weighted by Crippen LogP contribution is 2.25. The van der Waals surface area contributed by atoms with Crippen molar-refractivity contribution in [2.24, 2.45) is 0 Å². The minimum atomic E-state index is -0.606. The molecule has 0 spiro atoms. The number of anilines is 1. The number of nitro groups is 1. The molecule has 1 amide bonds. The van der Waals surface area contributed by atoms with Crippen molar-refractivity contribution in [3.8, 4) is 0 Å². The molecule has 21 heavy (non-hydrogen) atoms. The highest BCUT2D eigenvalue weighted by molar-refractivity contribution is 5.98. The van der Waals surface area contributed by atoms with Crippen LogP contribution in [0.15, 0.2) is 12.3 Å². The molecule has 1 aromatic heterocycles. The number of nitrogens with zero attached hydrogens (tertiary/aromatic N) is 2. The average molecular weight is 294 g/mol. The van der Waals surface area contributed by atoms with Crippen LogP contribution in [-0.4, -0.2) is 41.6 Å². The average Bonchev–Trinajstić information content (AvgIpc) is 2.44. The van der Waals surface area contributed by atoms with E-state index in [9.17, 15) is 14.9 Å². The molecule has 0 saturated heterocycles. The Morgan fingerprint density at radius 2 is 2.29 bits per heavy atom. The van der Waals surface area contributed by atoms with E-state index in [1.807, 2.05) is 6.92 Å². The first-order valence-electron chi connectivity index (χ1n) is 6.79. The van der Waals surface area contributed by atoms with E-state index in [0.717, 1.165) is 19.0 Å². The summed E-state index contributed by atoms with van der Waals surface area (Å²) in [5, 5.41) is 16.5. The molecule has 1 aliphatic carbocycles. The van der Waals surface area contributed by atoms with Crippen LogP contribution in [0.5, 0.6) is 0 Å². The standard InChI is InChI=1S/C13H18N4O4/c1-3-21-9-4-8(5-9)16-13(18)10-6-12(14-2)15-7-11(10)17(19)20/h6-9H,3-5H2,1-2H3,(H,14,15)(H,16,18). The monoisotopic (exact) mass is 294 g/mol. The van der Waals surface area contributed by atoms with Crippen molar-refractivity contribution in [2.75, 3.05) is 19.0 Å². The van der Waals surface area contributed by atoms with Gasteiger partial charge in [0.25, 0.3) is 11.6 Å². The van der Waals surface area contributed by atoms with E-state index in [1.165, 1.54) is 6.07 Å². The number of amides is 1. The summed E-state index contributed by atoms with van der Waals surface area (Å²) in [4.78, 5) is 26.4. The minimum absolute atomic E-state index is 0.000134. The van der Waals surface area contributed by atoms with Gasteiger partial charge in [0.1, 0.15) is 17.6 Å². The van der Waals surface area contributed by atoms with Crippen LogP contribution in [-0.2, 0) is 4.74 Å². The number of carbonyl (C=O) groups is 1. The number of nitrogens with one attached hydrogen (secondary N) is 2. The van der Waals surface area contributed by atoms with E-state index in [-0.39, 0.29) is 23.4 Å². The van der Waals surface area contributed by atoms with Crippen LogP contribution in [0.4, 0.5) is 11.5 Å². The molecule has 0 radical (unpaired) electrons. The number of carbonyl (C=O) groups excluding carboxylic acids is 1. The van der Waals surface area contributed by atoms with Crippen LogP contribution in [0.2, 0.25) is 0 Å². The summed E-state index contributed by atoms with van der Waals surface area (Å²) in [5.74, 6) is -0.0490. The fraction of sp³-hybridized carbons (Fsp3) is 0.538. The predicted molar refractivity (Wildman–Crippen MR) is 76.3 cm³/mol. The zero-order valence-electron chi connectivity index (χ0n) is 12.0.